The fourth-order valence-corrected chi connectivity index (χ4v) is 1.06. The molecule has 2 rings (SSSR count). The topological polar surface area (TPSA) is 130 Å². The summed E-state index contributed by atoms with van der Waals surface area (Å²) in [5.74, 6) is -0.368. The summed E-state index contributed by atoms with van der Waals surface area (Å²) in [6.45, 7) is 0. The van der Waals surface area contributed by atoms with Crippen molar-refractivity contribution in [2.24, 2.45) is 0 Å². The first kappa shape index (κ1) is 9.83. The highest BCUT2D eigenvalue weighted by Crippen LogP contribution is 2.12. The molecule has 9 nitrogen and oxygen atoms in total. The number of aromatic nitrogens is 4. The summed E-state index contributed by atoms with van der Waals surface area (Å²) >= 11 is 0. The number of hydrogen-bond donors (Lipinski definition) is 3. The average Bonchev–Trinajstić information content (AvgIpc) is 2.86. The molecule has 0 atom stereocenters. The van der Waals surface area contributed by atoms with Crippen LogP contribution in [-0.2, 0) is 0 Å². The number of anilines is 1. The van der Waals surface area contributed by atoms with Gasteiger partial charge in [-0.3, -0.25) is 20.2 Å². The molecule has 0 unspecified atom stereocenters. The minimum absolute atomic E-state index is 0.0723. The molecule has 0 fully saturated rings. The second-order valence-corrected chi connectivity index (χ2v) is 2.82. The second kappa shape index (κ2) is 3.81. The Bertz CT molecular complexity index is 516. The number of amides is 1. The summed E-state index contributed by atoms with van der Waals surface area (Å²) in [5.41, 5.74) is -0.106. The Labute approximate surface area is 88.0 Å². The Kier molecular flexibility index (Phi) is 2.34. The quantitative estimate of drug-likeness (QED) is 0.507. The van der Waals surface area contributed by atoms with Gasteiger partial charge in [0.1, 0.15) is 12.0 Å². The molecule has 16 heavy (non-hydrogen) atoms. The molecule has 2 aromatic heterocycles. The van der Waals surface area contributed by atoms with E-state index in [1.165, 1.54) is 6.33 Å². The summed E-state index contributed by atoms with van der Waals surface area (Å²) in [6.07, 6.45) is 2.36. The summed E-state index contributed by atoms with van der Waals surface area (Å²) in [4.78, 5) is 27.4. The molecule has 0 aliphatic rings. The summed E-state index contributed by atoms with van der Waals surface area (Å²) in [6, 6.07) is 1.13. The number of nitrogens with one attached hydrogen (secondary N) is 3. The lowest BCUT2D eigenvalue weighted by atomic mass is 10.4. The Morgan fingerprint density at radius 1 is 1.56 bits per heavy atom. The van der Waals surface area contributed by atoms with E-state index in [0.717, 1.165) is 12.3 Å². The van der Waals surface area contributed by atoms with Gasteiger partial charge in [-0.25, -0.2) is 5.10 Å². The standard InChI is InChI=1S/C7H6N6O3/c14-6(11-7-9-3-10-12-7)5-1-4(2-8-5)13(15)16/h1-3,8H,(H2,9,10,11,12,14). The lowest BCUT2D eigenvalue weighted by Crippen LogP contribution is -2.13. The first-order valence-corrected chi connectivity index (χ1v) is 4.16. The number of nitro groups is 1. The van der Waals surface area contributed by atoms with E-state index < -0.39 is 10.8 Å². The second-order valence-electron chi connectivity index (χ2n) is 2.82. The Morgan fingerprint density at radius 2 is 2.38 bits per heavy atom. The highest BCUT2D eigenvalue weighted by atomic mass is 16.6. The van der Waals surface area contributed by atoms with Crippen LogP contribution in [0.1, 0.15) is 10.5 Å². The van der Waals surface area contributed by atoms with Crippen molar-refractivity contribution >= 4 is 17.5 Å². The smallest absolute Gasteiger partial charge is 0.287 e. The molecule has 0 aliphatic heterocycles. The van der Waals surface area contributed by atoms with Gasteiger partial charge in [-0.2, -0.15) is 10.1 Å². The van der Waals surface area contributed by atoms with Crippen molar-refractivity contribution in [1.82, 2.24) is 20.2 Å². The van der Waals surface area contributed by atoms with Crippen LogP contribution < -0.4 is 5.32 Å². The first-order valence-electron chi connectivity index (χ1n) is 4.16. The molecule has 0 aliphatic carbocycles. The lowest BCUT2D eigenvalue weighted by Gasteiger charge is -1.96. The molecule has 0 saturated carbocycles. The van der Waals surface area contributed by atoms with Crippen molar-refractivity contribution in [3.63, 3.8) is 0 Å². The molecule has 0 radical (unpaired) electrons. The van der Waals surface area contributed by atoms with Gasteiger partial charge in [0.05, 0.1) is 11.1 Å². The van der Waals surface area contributed by atoms with Crippen LogP contribution in [0, 0.1) is 10.1 Å². The molecule has 2 aromatic rings. The molecule has 0 bridgehead atoms. The van der Waals surface area contributed by atoms with Crippen molar-refractivity contribution < 1.29 is 9.72 Å². The predicted molar refractivity (Wildman–Crippen MR) is 51.8 cm³/mol. The van der Waals surface area contributed by atoms with Crippen LogP contribution in [0.25, 0.3) is 0 Å². The monoisotopic (exact) mass is 222 g/mol. The number of nitrogens with zero attached hydrogens (tertiary/aromatic N) is 3. The first-order chi connectivity index (χ1) is 7.66. The number of H-pyrrole nitrogens is 2. The van der Waals surface area contributed by atoms with Gasteiger partial charge in [-0.05, 0) is 0 Å². The molecular weight excluding hydrogens is 216 g/mol. The minimum Gasteiger partial charge on any atom is -0.351 e. The number of carbonyl (C=O) groups is 1. The molecule has 1 amide bonds. The molecule has 2 heterocycles. The van der Waals surface area contributed by atoms with Crippen LogP contribution in [0.2, 0.25) is 0 Å². The predicted octanol–water partition coefficient (Wildman–Crippen LogP) is 0.293. The fraction of sp³-hybridized carbons (Fsp3) is 0. The number of rotatable bonds is 3. The van der Waals surface area contributed by atoms with Crippen molar-refractivity contribution in [2.45, 2.75) is 0 Å². The minimum atomic E-state index is -0.596. The van der Waals surface area contributed by atoms with Crippen molar-refractivity contribution in [1.29, 1.82) is 0 Å². The van der Waals surface area contributed by atoms with E-state index in [9.17, 15) is 14.9 Å². The van der Waals surface area contributed by atoms with Crippen LogP contribution in [0.15, 0.2) is 18.6 Å². The van der Waals surface area contributed by atoms with E-state index in [-0.39, 0.29) is 17.3 Å². The third-order valence-corrected chi connectivity index (χ3v) is 1.77. The molecule has 82 valence electrons. The van der Waals surface area contributed by atoms with E-state index in [4.69, 9.17) is 0 Å². The average molecular weight is 222 g/mol. The van der Waals surface area contributed by atoms with Crippen LogP contribution in [0.5, 0.6) is 0 Å². The molecule has 3 N–H and O–H groups in total. The van der Waals surface area contributed by atoms with E-state index in [0.29, 0.717) is 0 Å². The van der Waals surface area contributed by atoms with Gasteiger partial charge in [-0.15, -0.1) is 0 Å². The Balaban J connectivity index is 2.12. The van der Waals surface area contributed by atoms with E-state index in [1.54, 1.807) is 0 Å². The van der Waals surface area contributed by atoms with E-state index in [1.807, 2.05) is 0 Å². The van der Waals surface area contributed by atoms with E-state index >= 15 is 0 Å². The largest absolute Gasteiger partial charge is 0.351 e. The van der Waals surface area contributed by atoms with Crippen molar-refractivity contribution in [2.75, 3.05) is 5.32 Å². The number of aromatic amines is 2. The zero-order chi connectivity index (χ0) is 11.5. The lowest BCUT2D eigenvalue weighted by molar-refractivity contribution is -0.384. The molecule has 0 saturated heterocycles. The van der Waals surface area contributed by atoms with Gasteiger partial charge in [0, 0.05) is 6.07 Å². The van der Waals surface area contributed by atoms with Crippen LogP contribution in [0.4, 0.5) is 11.6 Å². The van der Waals surface area contributed by atoms with Gasteiger partial charge >= 0.3 is 0 Å². The maximum absolute atomic E-state index is 11.5. The maximum atomic E-state index is 11.5. The Hall–Kier alpha value is -2.71. The molecule has 0 aromatic carbocycles. The summed E-state index contributed by atoms with van der Waals surface area (Å²) < 4.78 is 0. The van der Waals surface area contributed by atoms with Gasteiger partial charge < -0.3 is 4.98 Å². The normalized spacial score (nSPS) is 10.0. The van der Waals surface area contributed by atoms with Gasteiger partial charge in [-0.1, -0.05) is 0 Å². The molecule has 0 spiro atoms. The molecular formula is C7H6N6O3. The summed E-state index contributed by atoms with van der Waals surface area (Å²) in [7, 11) is 0. The van der Waals surface area contributed by atoms with Gasteiger partial charge in [0.15, 0.2) is 0 Å². The van der Waals surface area contributed by atoms with Crippen molar-refractivity contribution in [3.05, 3.63) is 34.4 Å². The maximum Gasteiger partial charge on any atom is 0.287 e. The zero-order valence-corrected chi connectivity index (χ0v) is 7.80. The highest BCUT2D eigenvalue weighted by molar-refractivity contribution is 6.02. The van der Waals surface area contributed by atoms with E-state index in [2.05, 4.69) is 25.5 Å². The van der Waals surface area contributed by atoms with Crippen LogP contribution in [-0.4, -0.2) is 31.0 Å². The fourth-order valence-electron chi connectivity index (χ4n) is 1.06. The SMILES string of the molecule is O=C(Nc1ncn[nH]1)c1cc([N+](=O)[O-])c[nH]1. The van der Waals surface area contributed by atoms with Gasteiger partial charge in [0.2, 0.25) is 5.95 Å². The van der Waals surface area contributed by atoms with Crippen molar-refractivity contribution in [3.8, 4) is 0 Å². The molecule has 9 heteroatoms. The van der Waals surface area contributed by atoms with Crippen LogP contribution >= 0.6 is 0 Å². The highest BCUT2D eigenvalue weighted by Gasteiger charge is 2.14. The Morgan fingerprint density at radius 3 is 2.94 bits per heavy atom. The van der Waals surface area contributed by atoms with Crippen LogP contribution in [0.3, 0.4) is 0 Å². The number of hydrogen-bond acceptors (Lipinski definition) is 5. The van der Waals surface area contributed by atoms with Gasteiger partial charge in [0.25, 0.3) is 11.6 Å². The zero-order valence-electron chi connectivity index (χ0n) is 7.80. The number of carbonyl (C=O) groups excluding carboxylic acids is 1. The third-order valence-electron chi connectivity index (χ3n) is 1.77. The third kappa shape index (κ3) is 1.87. The summed E-state index contributed by atoms with van der Waals surface area (Å²) in [5, 5.41) is 18.7.